The Morgan fingerprint density at radius 3 is 2.08 bits per heavy atom. The minimum Gasteiger partial charge on any atom is -0.507 e. The standard InChI is InChI=1S/C26H33N5O7S/c1-25(2,3)37-23(35)31(24(36)38-26(4,5)6)17-12-9-14(13-27-17)18(32)15-10-11-16-20(19(15)33)39-21(28-16)29-22(34)30(7)8/h9,12-13,32H,10-11H2,1-8H3,(H,28,29,34). The van der Waals surface area contributed by atoms with E-state index in [1.807, 2.05) is 0 Å². The topological polar surface area (TPSA) is 151 Å². The van der Waals surface area contributed by atoms with Gasteiger partial charge in [-0.25, -0.2) is 24.4 Å². The zero-order valence-electron chi connectivity index (χ0n) is 23.2. The molecular weight excluding hydrogens is 526 g/mol. The highest BCUT2D eigenvalue weighted by Crippen LogP contribution is 2.35. The smallest absolute Gasteiger partial charge is 0.425 e. The number of rotatable bonds is 3. The fraction of sp³-hybridized carbons (Fsp3) is 0.462. The van der Waals surface area contributed by atoms with Gasteiger partial charge in [0.2, 0.25) is 5.78 Å². The van der Waals surface area contributed by atoms with Crippen molar-refractivity contribution in [2.24, 2.45) is 0 Å². The Bertz CT molecular complexity index is 1290. The Kier molecular flexibility index (Phi) is 8.34. The van der Waals surface area contributed by atoms with Crippen molar-refractivity contribution in [3.63, 3.8) is 0 Å². The monoisotopic (exact) mass is 559 g/mol. The van der Waals surface area contributed by atoms with Crippen molar-refractivity contribution in [1.82, 2.24) is 14.9 Å². The number of hydrogen-bond donors (Lipinski definition) is 2. The van der Waals surface area contributed by atoms with Crippen LogP contribution in [-0.4, -0.2) is 69.3 Å². The molecule has 0 spiro atoms. The number of ether oxygens (including phenoxy) is 2. The predicted molar refractivity (Wildman–Crippen MR) is 146 cm³/mol. The third-order valence-corrected chi connectivity index (χ3v) is 6.11. The van der Waals surface area contributed by atoms with E-state index < -0.39 is 29.2 Å². The Balaban J connectivity index is 1.89. The van der Waals surface area contributed by atoms with E-state index in [9.17, 15) is 24.3 Å². The van der Waals surface area contributed by atoms with Crippen LogP contribution in [0.1, 0.15) is 68.9 Å². The number of amides is 4. The summed E-state index contributed by atoms with van der Waals surface area (Å²) in [5.41, 5.74) is -0.834. The van der Waals surface area contributed by atoms with E-state index in [1.54, 1.807) is 55.6 Å². The second-order valence-corrected chi connectivity index (χ2v) is 12.0. The lowest BCUT2D eigenvalue weighted by atomic mass is 9.93. The quantitative estimate of drug-likeness (QED) is 0.372. The predicted octanol–water partition coefficient (Wildman–Crippen LogP) is 5.41. The van der Waals surface area contributed by atoms with Gasteiger partial charge in [0.05, 0.1) is 5.69 Å². The average Bonchev–Trinajstić information content (AvgIpc) is 3.20. The van der Waals surface area contributed by atoms with E-state index in [-0.39, 0.29) is 35.2 Å². The molecule has 0 unspecified atom stereocenters. The van der Waals surface area contributed by atoms with Gasteiger partial charge in [-0.3, -0.25) is 10.1 Å². The first-order valence-electron chi connectivity index (χ1n) is 12.1. The summed E-state index contributed by atoms with van der Waals surface area (Å²) < 4.78 is 10.7. The van der Waals surface area contributed by atoms with Gasteiger partial charge in [0.25, 0.3) is 0 Å². The fourth-order valence-electron chi connectivity index (χ4n) is 3.38. The second kappa shape index (κ2) is 11.0. The number of aromatic nitrogens is 2. The Morgan fingerprint density at radius 2 is 1.59 bits per heavy atom. The number of ketones is 1. The average molecular weight is 560 g/mol. The van der Waals surface area contributed by atoms with E-state index in [4.69, 9.17) is 9.47 Å². The normalized spacial score (nSPS) is 14.7. The molecule has 4 amide bonds. The highest BCUT2D eigenvalue weighted by atomic mass is 32.1. The number of carbonyl (C=O) groups is 4. The van der Waals surface area contributed by atoms with E-state index in [1.165, 1.54) is 23.2 Å². The van der Waals surface area contributed by atoms with Gasteiger partial charge in [-0.1, -0.05) is 11.3 Å². The van der Waals surface area contributed by atoms with Crippen molar-refractivity contribution in [3.8, 4) is 0 Å². The minimum absolute atomic E-state index is 0.0824. The largest absolute Gasteiger partial charge is 0.507 e. The number of nitrogens with zero attached hydrogens (tertiary/aromatic N) is 4. The zero-order valence-corrected chi connectivity index (χ0v) is 24.1. The van der Waals surface area contributed by atoms with Gasteiger partial charge in [-0.15, -0.1) is 0 Å². The maximum atomic E-state index is 13.2. The van der Waals surface area contributed by atoms with Gasteiger partial charge in [0, 0.05) is 31.4 Å². The van der Waals surface area contributed by atoms with Crippen molar-refractivity contribution in [2.45, 2.75) is 65.6 Å². The molecule has 2 heterocycles. The molecule has 2 aromatic heterocycles. The van der Waals surface area contributed by atoms with Crippen molar-refractivity contribution in [3.05, 3.63) is 40.0 Å². The number of carbonyl (C=O) groups excluding carboxylic acids is 4. The summed E-state index contributed by atoms with van der Waals surface area (Å²) >= 11 is 1.04. The molecule has 210 valence electrons. The lowest BCUT2D eigenvalue weighted by Crippen LogP contribution is -2.44. The van der Waals surface area contributed by atoms with Gasteiger partial charge in [-0.05, 0) is 66.5 Å². The molecule has 1 aliphatic rings. The van der Waals surface area contributed by atoms with Crippen LogP contribution in [0.25, 0.3) is 5.76 Å². The van der Waals surface area contributed by atoms with Crippen molar-refractivity contribution in [2.75, 3.05) is 24.3 Å². The summed E-state index contributed by atoms with van der Waals surface area (Å²) in [6.45, 7) is 9.96. The number of urea groups is 1. The molecule has 3 rings (SSSR count). The van der Waals surface area contributed by atoms with E-state index in [0.29, 0.717) is 27.0 Å². The van der Waals surface area contributed by atoms with Crippen molar-refractivity contribution < 1.29 is 33.8 Å². The van der Waals surface area contributed by atoms with Gasteiger partial charge in [0.1, 0.15) is 27.7 Å². The lowest BCUT2D eigenvalue weighted by molar-refractivity contribution is 0.0428. The summed E-state index contributed by atoms with van der Waals surface area (Å²) in [4.78, 5) is 61.7. The number of allylic oxidation sites excluding steroid dienone is 1. The summed E-state index contributed by atoms with van der Waals surface area (Å²) in [6, 6.07) is 2.41. The Labute approximate surface area is 230 Å². The molecule has 0 fully saturated rings. The number of hydrogen-bond acceptors (Lipinski definition) is 10. The number of Topliss-reactive ketones (excluding diaryl/α,β-unsaturated/α-hetero) is 1. The number of fused-ring (bicyclic) bond motifs is 1. The summed E-state index contributed by atoms with van der Waals surface area (Å²) in [5.74, 6) is -0.760. The maximum Gasteiger partial charge on any atom is 0.425 e. The number of aryl methyl sites for hydroxylation is 1. The summed E-state index contributed by atoms with van der Waals surface area (Å²) in [7, 11) is 3.18. The molecular formula is C26H33N5O7S. The molecule has 0 aliphatic heterocycles. The van der Waals surface area contributed by atoms with Crippen LogP contribution >= 0.6 is 11.3 Å². The van der Waals surface area contributed by atoms with Gasteiger partial charge >= 0.3 is 18.2 Å². The number of thiazole rings is 1. The van der Waals surface area contributed by atoms with Crippen LogP contribution in [0.3, 0.4) is 0 Å². The second-order valence-electron chi connectivity index (χ2n) is 11.0. The van der Waals surface area contributed by atoms with Crippen LogP contribution in [0.5, 0.6) is 0 Å². The SMILES string of the molecule is CN(C)C(=O)Nc1nc2c(s1)C(=O)C(=C(O)c1ccc(N(C(=O)OC(C)(C)C)C(=O)OC(C)(C)C)nc1)CC2. The molecule has 0 saturated heterocycles. The first-order chi connectivity index (χ1) is 18.0. The molecule has 2 aromatic rings. The first kappa shape index (κ1) is 29.6. The van der Waals surface area contributed by atoms with Gasteiger partial charge in [-0.2, -0.15) is 4.90 Å². The highest BCUT2D eigenvalue weighted by molar-refractivity contribution is 7.18. The van der Waals surface area contributed by atoms with Crippen LogP contribution < -0.4 is 10.2 Å². The van der Waals surface area contributed by atoms with Crippen LogP contribution in [0.2, 0.25) is 0 Å². The van der Waals surface area contributed by atoms with E-state index >= 15 is 0 Å². The molecule has 1 aliphatic carbocycles. The molecule has 2 N–H and O–H groups in total. The third kappa shape index (κ3) is 7.31. The number of imide groups is 1. The van der Waals surface area contributed by atoms with Gasteiger partial charge < -0.3 is 19.5 Å². The zero-order chi connectivity index (χ0) is 29.3. The molecule has 13 heteroatoms. The minimum atomic E-state index is -0.975. The Hall–Kier alpha value is -4.00. The maximum absolute atomic E-state index is 13.2. The number of anilines is 2. The number of pyridine rings is 1. The fourth-order valence-corrected chi connectivity index (χ4v) is 4.35. The van der Waals surface area contributed by atoms with E-state index in [0.717, 1.165) is 11.3 Å². The number of aliphatic hydroxyl groups is 1. The van der Waals surface area contributed by atoms with Crippen LogP contribution in [0.15, 0.2) is 23.9 Å². The molecule has 0 saturated carbocycles. The number of nitrogens with one attached hydrogen (secondary N) is 1. The van der Waals surface area contributed by atoms with Crippen molar-refractivity contribution in [1.29, 1.82) is 0 Å². The number of aliphatic hydroxyl groups excluding tert-OH is 1. The van der Waals surface area contributed by atoms with E-state index in [2.05, 4.69) is 15.3 Å². The molecule has 12 nitrogen and oxygen atoms in total. The highest BCUT2D eigenvalue weighted by Gasteiger charge is 2.34. The molecule has 0 aromatic carbocycles. The van der Waals surface area contributed by atoms with Crippen LogP contribution in [-0.2, 0) is 15.9 Å². The van der Waals surface area contributed by atoms with Crippen LogP contribution in [0.4, 0.5) is 25.3 Å². The first-order valence-corrected chi connectivity index (χ1v) is 13.0. The van der Waals surface area contributed by atoms with Gasteiger partial charge in [0.15, 0.2) is 5.13 Å². The summed E-state index contributed by atoms with van der Waals surface area (Å²) in [6.07, 6.45) is -0.0800. The molecule has 0 radical (unpaired) electrons. The summed E-state index contributed by atoms with van der Waals surface area (Å²) in [5, 5.41) is 13.9. The van der Waals surface area contributed by atoms with Crippen LogP contribution in [0, 0.1) is 0 Å². The van der Waals surface area contributed by atoms with Crippen molar-refractivity contribution >= 4 is 52.0 Å². The molecule has 0 atom stereocenters. The Morgan fingerprint density at radius 1 is 1.00 bits per heavy atom. The third-order valence-electron chi connectivity index (χ3n) is 5.10. The molecule has 0 bridgehead atoms. The lowest BCUT2D eigenvalue weighted by Gasteiger charge is -2.28. The molecule has 39 heavy (non-hydrogen) atoms.